The summed E-state index contributed by atoms with van der Waals surface area (Å²) < 4.78 is 0. The Kier molecular flexibility index (Phi) is 3.53. The third-order valence-electron chi connectivity index (χ3n) is 1.65. The van der Waals surface area contributed by atoms with Crippen LogP contribution in [0.15, 0.2) is 5.16 Å². The van der Waals surface area contributed by atoms with Gasteiger partial charge in [-0.3, -0.25) is 9.63 Å². The highest BCUT2D eigenvalue weighted by Gasteiger charge is 2.18. The number of hydroxylamine groups is 1. The molecule has 5 heteroatoms. The molecule has 5 nitrogen and oxygen atoms in total. The lowest BCUT2D eigenvalue weighted by atomic mass is 9.97. The quantitative estimate of drug-likeness (QED) is 0.487. The van der Waals surface area contributed by atoms with E-state index in [0.717, 1.165) is 19.1 Å². The molecule has 0 unspecified atom stereocenters. The first-order valence-electron chi connectivity index (χ1n) is 3.85. The highest BCUT2D eigenvalue weighted by Crippen LogP contribution is 2.20. The fourth-order valence-electron chi connectivity index (χ4n) is 0.757. The number of hydrogen-bond donors (Lipinski definition) is 1. The summed E-state index contributed by atoms with van der Waals surface area (Å²) in [7, 11) is 1.37. The third kappa shape index (κ3) is 2.87. The van der Waals surface area contributed by atoms with Crippen molar-refractivity contribution in [3.05, 3.63) is 0 Å². The Hall–Kier alpha value is -1.10. The number of carbonyl (C=O) groups is 1. The van der Waals surface area contributed by atoms with Crippen LogP contribution in [-0.2, 0) is 14.5 Å². The minimum Gasteiger partial charge on any atom is -0.399 e. The van der Waals surface area contributed by atoms with Gasteiger partial charge in [-0.15, -0.1) is 0 Å². The molecule has 1 saturated carbocycles. The molecule has 1 rings (SSSR count). The van der Waals surface area contributed by atoms with E-state index in [4.69, 9.17) is 4.84 Å². The second-order valence-corrected chi connectivity index (χ2v) is 2.55. The lowest BCUT2D eigenvalue weighted by Gasteiger charge is -2.24. The Bertz CT molecular complexity index is 177. The van der Waals surface area contributed by atoms with Gasteiger partial charge in [0.05, 0.1) is 6.10 Å². The molecular weight excluding hydrogens is 160 g/mol. The summed E-state index contributed by atoms with van der Waals surface area (Å²) in [6.07, 6.45) is 4.42. The van der Waals surface area contributed by atoms with E-state index in [0.29, 0.717) is 0 Å². The maximum atomic E-state index is 10.8. The van der Waals surface area contributed by atoms with E-state index in [1.165, 1.54) is 13.5 Å². The molecule has 12 heavy (non-hydrogen) atoms. The van der Waals surface area contributed by atoms with Gasteiger partial charge < -0.3 is 4.84 Å². The first-order valence-corrected chi connectivity index (χ1v) is 3.85. The van der Waals surface area contributed by atoms with Gasteiger partial charge in [-0.2, -0.15) is 0 Å². The highest BCUT2D eigenvalue weighted by molar-refractivity contribution is 6.25. The second kappa shape index (κ2) is 4.71. The van der Waals surface area contributed by atoms with Crippen molar-refractivity contribution in [3.8, 4) is 0 Å². The van der Waals surface area contributed by atoms with Crippen molar-refractivity contribution >= 4 is 12.1 Å². The van der Waals surface area contributed by atoms with Crippen molar-refractivity contribution < 1.29 is 14.5 Å². The maximum Gasteiger partial charge on any atom is 0.289 e. The van der Waals surface area contributed by atoms with Crippen LogP contribution in [0.2, 0.25) is 0 Å². The molecule has 0 atom stereocenters. The van der Waals surface area contributed by atoms with Crippen LogP contribution in [0.3, 0.4) is 0 Å². The van der Waals surface area contributed by atoms with E-state index in [9.17, 15) is 4.79 Å². The number of carbonyl (C=O) groups excluding carboxylic acids is 1. The molecule has 0 heterocycles. The Morgan fingerprint density at radius 1 is 1.67 bits per heavy atom. The first kappa shape index (κ1) is 8.99. The summed E-state index contributed by atoms with van der Waals surface area (Å²) in [5, 5.41) is 3.28. The predicted molar refractivity (Wildman–Crippen MR) is 42.4 cm³/mol. The van der Waals surface area contributed by atoms with Crippen LogP contribution in [0.4, 0.5) is 0 Å². The van der Waals surface area contributed by atoms with Crippen molar-refractivity contribution in [1.29, 1.82) is 0 Å². The van der Waals surface area contributed by atoms with Crippen LogP contribution in [-0.4, -0.2) is 25.3 Å². The zero-order valence-electron chi connectivity index (χ0n) is 6.95. The number of oxime groups is 1. The second-order valence-electron chi connectivity index (χ2n) is 2.55. The molecule has 1 amide bonds. The van der Waals surface area contributed by atoms with E-state index >= 15 is 0 Å². The largest absolute Gasteiger partial charge is 0.399 e. The van der Waals surface area contributed by atoms with Crippen LogP contribution in [0, 0.1) is 0 Å². The van der Waals surface area contributed by atoms with Crippen LogP contribution < -0.4 is 5.48 Å². The van der Waals surface area contributed by atoms with Gasteiger partial charge in [0.25, 0.3) is 5.91 Å². The summed E-state index contributed by atoms with van der Waals surface area (Å²) in [6, 6.07) is 0. The molecule has 0 aromatic carbocycles. The molecule has 0 bridgehead atoms. The van der Waals surface area contributed by atoms with Gasteiger partial charge in [-0.05, 0) is 19.3 Å². The monoisotopic (exact) mass is 172 g/mol. The van der Waals surface area contributed by atoms with Gasteiger partial charge in [0.15, 0.2) is 0 Å². The topological polar surface area (TPSA) is 59.9 Å². The summed E-state index contributed by atoms with van der Waals surface area (Å²) in [6.45, 7) is 0. The van der Waals surface area contributed by atoms with Crippen molar-refractivity contribution in [3.63, 3.8) is 0 Å². The predicted octanol–water partition coefficient (Wildman–Crippen LogP) is 0.219. The lowest BCUT2D eigenvalue weighted by Crippen LogP contribution is -2.33. The summed E-state index contributed by atoms with van der Waals surface area (Å²) in [5.41, 5.74) is 2.25. The molecule has 1 fully saturated rings. The molecular formula is C7H12N2O3. The van der Waals surface area contributed by atoms with Crippen LogP contribution in [0.1, 0.15) is 19.3 Å². The summed E-state index contributed by atoms with van der Waals surface area (Å²) >= 11 is 0. The number of amides is 1. The van der Waals surface area contributed by atoms with E-state index in [1.54, 1.807) is 0 Å². The lowest BCUT2D eigenvalue weighted by molar-refractivity contribution is -0.135. The minimum atomic E-state index is -0.399. The number of hydrogen-bond acceptors (Lipinski definition) is 4. The Morgan fingerprint density at radius 3 is 2.92 bits per heavy atom. The summed E-state index contributed by atoms with van der Waals surface area (Å²) in [4.78, 5) is 20.1. The average molecular weight is 172 g/mol. The molecule has 1 N–H and O–H groups in total. The number of nitrogens with zero attached hydrogens (tertiary/aromatic N) is 1. The zero-order valence-corrected chi connectivity index (χ0v) is 6.95. The third-order valence-corrected chi connectivity index (χ3v) is 1.65. The Balaban J connectivity index is 2.05. The van der Waals surface area contributed by atoms with Gasteiger partial charge in [0.1, 0.15) is 13.3 Å². The Labute approximate surface area is 70.7 Å². The van der Waals surface area contributed by atoms with Crippen molar-refractivity contribution in [2.45, 2.75) is 25.4 Å². The number of nitrogens with one attached hydrogen (secondary N) is 1. The van der Waals surface area contributed by atoms with Crippen molar-refractivity contribution in [1.82, 2.24) is 5.48 Å². The number of rotatable bonds is 4. The van der Waals surface area contributed by atoms with Crippen molar-refractivity contribution in [2.24, 2.45) is 5.16 Å². The SMILES string of the molecule is CO/N=C/C(=O)NOC1CCC1. The molecule has 0 radical (unpaired) electrons. The van der Waals surface area contributed by atoms with E-state index in [2.05, 4.69) is 15.5 Å². The van der Waals surface area contributed by atoms with Gasteiger partial charge in [-0.25, -0.2) is 5.48 Å². The fourth-order valence-corrected chi connectivity index (χ4v) is 0.757. The van der Waals surface area contributed by atoms with Crippen LogP contribution in [0.25, 0.3) is 0 Å². The molecule has 1 aliphatic carbocycles. The molecule has 0 aromatic heterocycles. The molecule has 0 aromatic rings. The molecule has 0 spiro atoms. The fraction of sp³-hybridized carbons (Fsp3) is 0.714. The molecule has 0 saturated heterocycles. The average Bonchev–Trinajstić information content (AvgIpc) is 1.98. The normalized spacial score (nSPS) is 17.4. The maximum absolute atomic E-state index is 10.8. The minimum absolute atomic E-state index is 0.185. The first-order chi connectivity index (χ1) is 5.83. The Morgan fingerprint density at radius 2 is 2.42 bits per heavy atom. The zero-order chi connectivity index (χ0) is 8.81. The van der Waals surface area contributed by atoms with Crippen LogP contribution >= 0.6 is 0 Å². The van der Waals surface area contributed by atoms with Gasteiger partial charge in [-0.1, -0.05) is 5.16 Å². The van der Waals surface area contributed by atoms with Crippen LogP contribution in [0.5, 0.6) is 0 Å². The standard InChI is InChI=1S/C7H12N2O3/c1-11-8-5-7(10)9-12-6-3-2-4-6/h5-6H,2-4H2,1H3,(H,9,10)/b8-5+. The smallest absolute Gasteiger partial charge is 0.289 e. The molecule has 68 valence electrons. The summed E-state index contributed by atoms with van der Waals surface area (Å²) in [5.74, 6) is -0.399. The highest BCUT2D eigenvalue weighted by atomic mass is 16.7. The van der Waals surface area contributed by atoms with E-state index < -0.39 is 5.91 Å². The van der Waals surface area contributed by atoms with Gasteiger partial charge in [0, 0.05) is 0 Å². The molecule has 0 aliphatic heterocycles. The van der Waals surface area contributed by atoms with Gasteiger partial charge >= 0.3 is 0 Å². The van der Waals surface area contributed by atoms with Crippen molar-refractivity contribution in [2.75, 3.05) is 7.11 Å². The van der Waals surface area contributed by atoms with E-state index in [-0.39, 0.29) is 6.10 Å². The van der Waals surface area contributed by atoms with E-state index in [1.807, 2.05) is 0 Å². The van der Waals surface area contributed by atoms with Gasteiger partial charge in [0.2, 0.25) is 0 Å². The molecule has 1 aliphatic rings.